The standard InChI is InChI=1S/C12H14F4N2O2S/c13-11-6-9(3-4-10(11)12(14,15)16)21(19,20)18-5-1-2-8(18)7-17/h3-4,6,8H,1-2,5,7,17H2. The maximum absolute atomic E-state index is 13.5. The van der Waals surface area contributed by atoms with Crippen molar-refractivity contribution in [3.63, 3.8) is 0 Å². The zero-order valence-corrected chi connectivity index (χ0v) is 11.7. The highest BCUT2D eigenvalue weighted by Gasteiger charge is 2.37. The minimum Gasteiger partial charge on any atom is -0.329 e. The first-order valence-electron chi connectivity index (χ1n) is 6.26. The van der Waals surface area contributed by atoms with E-state index in [-0.39, 0.29) is 13.1 Å². The van der Waals surface area contributed by atoms with Gasteiger partial charge in [-0.05, 0) is 31.0 Å². The molecule has 2 rings (SSSR count). The van der Waals surface area contributed by atoms with Gasteiger partial charge in [-0.15, -0.1) is 0 Å². The van der Waals surface area contributed by atoms with Crippen LogP contribution in [0.1, 0.15) is 18.4 Å². The predicted molar refractivity (Wildman–Crippen MR) is 67.4 cm³/mol. The van der Waals surface area contributed by atoms with E-state index < -0.39 is 38.5 Å². The van der Waals surface area contributed by atoms with E-state index in [0.29, 0.717) is 25.0 Å². The highest BCUT2D eigenvalue weighted by atomic mass is 32.2. The topological polar surface area (TPSA) is 63.4 Å². The monoisotopic (exact) mass is 326 g/mol. The Balaban J connectivity index is 2.40. The molecule has 0 radical (unpaired) electrons. The Morgan fingerprint density at radius 1 is 1.33 bits per heavy atom. The number of nitrogens with zero attached hydrogens (tertiary/aromatic N) is 1. The second-order valence-electron chi connectivity index (χ2n) is 4.79. The molecule has 1 aromatic carbocycles. The van der Waals surface area contributed by atoms with Crippen LogP contribution in [0.4, 0.5) is 17.6 Å². The summed E-state index contributed by atoms with van der Waals surface area (Å²) in [6, 6.07) is 1.22. The van der Waals surface area contributed by atoms with Crippen molar-refractivity contribution >= 4 is 10.0 Å². The van der Waals surface area contributed by atoms with Crippen molar-refractivity contribution in [1.29, 1.82) is 0 Å². The molecule has 1 atom stereocenters. The first-order chi connectivity index (χ1) is 9.67. The van der Waals surface area contributed by atoms with Gasteiger partial charge < -0.3 is 5.73 Å². The summed E-state index contributed by atoms with van der Waals surface area (Å²) in [5.74, 6) is -1.60. The summed E-state index contributed by atoms with van der Waals surface area (Å²) in [6.07, 6.45) is -3.66. The average molecular weight is 326 g/mol. The van der Waals surface area contributed by atoms with Gasteiger partial charge in [0.25, 0.3) is 0 Å². The third-order valence-electron chi connectivity index (χ3n) is 3.45. The van der Waals surface area contributed by atoms with Crippen LogP contribution in [0.5, 0.6) is 0 Å². The highest BCUT2D eigenvalue weighted by Crippen LogP contribution is 2.33. The van der Waals surface area contributed by atoms with E-state index >= 15 is 0 Å². The SMILES string of the molecule is NCC1CCCN1S(=O)(=O)c1ccc(C(F)(F)F)c(F)c1. The minimum absolute atomic E-state index is 0.113. The zero-order chi connectivity index (χ0) is 15.8. The van der Waals surface area contributed by atoms with Gasteiger partial charge in [0.15, 0.2) is 0 Å². The maximum Gasteiger partial charge on any atom is 0.419 e. The lowest BCUT2D eigenvalue weighted by Crippen LogP contribution is -2.39. The van der Waals surface area contributed by atoms with Crippen LogP contribution in [0.25, 0.3) is 0 Å². The molecule has 118 valence electrons. The molecule has 1 unspecified atom stereocenters. The Bertz CT molecular complexity index is 631. The van der Waals surface area contributed by atoms with Crippen LogP contribution in [0, 0.1) is 5.82 Å². The van der Waals surface area contributed by atoms with Crippen LogP contribution >= 0.6 is 0 Å². The van der Waals surface area contributed by atoms with E-state index in [9.17, 15) is 26.0 Å². The molecule has 0 aromatic heterocycles. The molecular formula is C12H14F4N2O2S. The largest absolute Gasteiger partial charge is 0.419 e. The summed E-state index contributed by atoms with van der Waals surface area (Å²) >= 11 is 0. The Morgan fingerprint density at radius 2 is 2.00 bits per heavy atom. The molecule has 21 heavy (non-hydrogen) atoms. The van der Waals surface area contributed by atoms with E-state index in [1.54, 1.807) is 0 Å². The number of rotatable bonds is 3. The minimum atomic E-state index is -4.86. The van der Waals surface area contributed by atoms with Crippen molar-refractivity contribution in [2.75, 3.05) is 13.1 Å². The lowest BCUT2D eigenvalue weighted by molar-refractivity contribution is -0.140. The van der Waals surface area contributed by atoms with Gasteiger partial charge in [-0.2, -0.15) is 17.5 Å². The fraction of sp³-hybridized carbons (Fsp3) is 0.500. The van der Waals surface area contributed by atoms with E-state index in [0.717, 1.165) is 10.4 Å². The number of hydrogen-bond donors (Lipinski definition) is 1. The molecule has 0 aliphatic carbocycles. The third kappa shape index (κ3) is 3.04. The summed E-state index contributed by atoms with van der Waals surface area (Å²) in [5, 5.41) is 0. The van der Waals surface area contributed by atoms with E-state index in [4.69, 9.17) is 5.73 Å². The summed E-state index contributed by atoms with van der Waals surface area (Å²) in [5.41, 5.74) is 3.99. The molecule has 0 bridgehead atoms. The van der Waals surface area contributed by atoms with Gasteiger partial charge in [0.05, 0.1) is 10.5 Å². The third-order valence-corrected chi connectivity index (χ3v) is 5.40. The van der Waals surface area contributed by atoms with Crippen molar-refractivity contribution < 1.29 is 26.0 Å². The molecule has 2 N–H and O–H groups in total. The van der Waals surface area contributed by atoms with Crippen molar-refractivity contribution in [2.45, 2.75) is 30.0 Å². The van der Waals surface area contributed by atoms with Gasteiger partial charge >= 0.3 is 6.18 Å². The van der Waals surface area contributed by atoms with Crippen LogP contribution in [0.2, 0.25) is 0 Å². The molecule has 1 aliphatic rings. The molecule has 1 heterocycles. The van der Waals surface area contributed by atoms with Crippen LogP contribution < -0.4 is 5.73 Å². The first kappa shape index (κ1) is 16.2. The lowest BCUT2D eigenvalue weighted by atomic mass is 10.2. The Kier molecular flexibility index (Phi) is 4.27. The van der Waals surface area contributed by atoms with E-state index in [2.05, 4.69) is 0 Å². The number of sulfonamides is 1. The normalized spacial score (nSPS) is 20.9. The smallest absolute Gasteiger partial charge is 0.329 e. The predicted octanol–water partition coefficient (Wildman–Crippen LogP) is 1.96. The Labute approximate surface area is 119 Å². The molecule has 1 aromatic rings. The second kappa shape index (κ2) is 5.54. The van der Waals surface area contributed by atoms with Gasteiger partial charge in [-0.1, -0.05) is 0 Å². The van der Waals surface area contributed by atoms with Gasteiger partial charge in [0, 0.05) is 19.1 Å². The van der Waals surface area contributed by atoms with Crippen molar-refractivity contribution in [2.24, 2.45) is 5.73 Å². The van der Waals surface area contributed by atoms with Crippen LogP contribution in [-0.4, -0.2) is 31.9 Å². The second-order valence-corrected chi connectivity index (χ2v) is 6.68. The van der Waals surface area contributed by atoms with E-state index in [1.807, 2.05) is 0 Å². The number of benzene rings is 1. The summed E-state index contributed by atoms with van der Waals surface area (Å²) in [4.78, 5) is -0.492. The van der Waals surface area contributed by atoms with Crippen LogP contribution in [0.15, 0.2) is 23.1 Å². The number of halogens is 4. The molecule has 0 spiro atoms. The fourth-order valence-electron chi connectivity index (χ4n) is 2.38. The van der Waals surface area contributed by atoms with E-state index in [1.165, 1.54) is 0 Å². The Hall–Kier alpha value is -1.19. The quantitative estimate of drug-likeness (QED) is 0.864. The molecule has 9 heteroatoms. The summed E-state index contributed by atoms with van der Waals surface area (Å²) in [6.45, 7) is 0.342. The van der Waals surface area contributed by atoms with Crippen molar-refractivity contribution in [3.8, 4) is 0 Å². The fourth-order valence-corrected chi connectivity index (χ4v) is 4.10. The van der Waals surface area contributed by atoms with Crippen LogP contribution in [0.3, 0.4) is 0 Å². The van der Waals surface area contributed by atoms with Crippen molar-refractivity contribution in [3.05, 3.63) is 29.6 Å². The maximum atomic E-state index is 13.5. The summed E-state index contributed by atoms with van der Waals surface area (Å²) in [7, 11) is -4.04. The molecule has 1 aliphatic heterocycles. The molecule has 0 amide bonds. The number of hydrogen-bond acceptors (Lipinski definition) is 3. The average Bonchev–Trinajstić information content (AvgIpc) is 2.86. The highest BCUT2D eigenvalue weighted by molar-refractivity contribution is 7.89. The molecule has 1 saturated heterocycles. The summed E-state index contributed by atoms with van der Waals surface area (Å²) < 4.78 is 76.7. The number of nitrogens with two attached hydrogens (primary N) is 1. The first-order valence-corrected chi connectivity index (χ1v) is 7.70. The molecule has 1 fully saturated rings. The zero-order valence-electron chi connectivity index (χ0n) is 10.9. The molecule has 4 nitrogen and oxygen atoms in total. The van der Waals surface area contributed by atoms with Gasteiger partial charge in [-0.25, -0.2) is 12.8 Å². The number of alkyl halides is 3. The molecule has 0 saturated carbocycles. The van der Waals surface area contributed by atoms with Crippen LogP contribution in [-0.2, 0) is 16.2 Å². The van der Waals surface area contributed by atoms with Gasteiger partial charge in [0.1, 0.15) is 5.82 Å². The van der Waals surface area contributed by atoms with Gasteiger partial charge in [-0.3, -0.25) is 0 Å². The Morgan fingerprint density at radius 3 is 2.52 bits per heavy atom. The lowest BCUT2D eigenvalue weighted by Gasteiger charge is -2.23. The van der Waals surface area contributed by atoms with Gasteiger partial charge in [0.2, 0.25) is 10.0 Å². The molecular weight excluding hydrogens is 312 g/mol. The van der Waals surface area contributed by atoms with Crippen molar-refractivity contribution in [1.82, 2.24) is 4.31 Å².